The minimum Gasteiger partial charge on any atom is -0.399 e. The van der Waals surface area contributed by atoms with Crippen molar-refractivity contribution in [2.45, 2.75) is 32.6 Å². The van der Waals surface area contributed by atoms with Crippen LogP contribution >= 0.6 is 11.3 Å². The Bertz CT molecular complexity index is 629. The molecule has 1 aromatic carbocycles. The van der Waals surface area contributed by atoms with Crippen LogP contribution in [0, 0.1) is 11.8 Å². The van der Waals surface area contributed by atoms with E-state index in [9.17, 15) is 4.79 Å². The van der Waals surface area contributed by atoms with Gasteiger partial charge in [0.25, 0.3) is 0 Å². The van der Waals surface area contributed by atoms with Crippen LogP contribution in [0.1, 0.15) is 32.6 Å². The van der Waals surface area contributed by atoms with E-state index in [1.165, 1.54) is 11.3 Å². The molecular weight excluding hydrogens is 270 g/mol. The van der Waals surface area contributed by atoms with Crippen molar-refractivity contribution in [1.82, 2.24) is 4.98 Å². The molecule has 1 aliphatic rings. The normalized spacial score (nSPS) is 22.9. The number of benzene rings is 1. The van der Waals surface area contributed by atoms with E-state index in [-0.39, 0.29) is 11.8 Å². The summed E-state index contributed by atoms with van der Waals surface area (Å²) in [7, 11) is 0. The van der Waals surface area contributed by atoms with Crippen LogP contribution in [-0.4, -0.2) is 10.9 Å². The molecule has 1 saturated carbocycles. The summed E-state index contributed by atoms with van der Waals surface area (Å²) < 4.78 is 1.01. The Morgan fingerprint density at radius 3 is 2.85 bits per heavy atom. The van der Waals surface area contributed by atoms with Crippen molar-refractivity contribution in [1.29, 1.82) is 0 Å². The minimum atomic E-state index is 0.115. The van der Waals surface area contributed by atoms with E-state index >= 15 is 0 Å². The number of nitrogens with zero attached hydrogens (tertiary/aromatic N) is 1. The number of carbonyl (C=O) groups excluding carboxylic acids is 1. The summed E-state index contributed by atoms with van der Waals surface area (Å²) in [4.78, 5) is 16.7. The van der Waals surface area contributed by atoms with Gasteiger partial charge in [-0.3, -0.25) is 4.79 Å². The fraction of sp³-hybridized carbons (Fsp3) is 0.467. The van der Waals surface area contributed by atoms with E-state index in [0.717, 1.165) is 47.5 Å². The van der Waals surface area contributed by atoms with Gasteiger partial charge in [-0.05, 0) is 49.8 Å². The highest BCUT2D eigenvalue weighted by Gasteiger charge is 2.24. The first-order valence-electron chi connectivity index (χ1n) is 7.09. The second-order valence-electron chi connectivity index (χ2n) is 5.69. The number of hydrogen-bond donors (Lipinski definition) is 2. The van der Waals surface area contributed by atoms with E-state index in [2.05, 4.69) is 17.2 Å². The fourth-order valence-electron chi connectivity index (χ4n) is 2.72. The van der Waals surface area contributed by atoms with Gasteiger partial charge in [-0.2, -0.15) is 0 Å². The summed E-state index contributed by atoms with van der Waals surface area (Å²) in [6, 6.07) is 5.61. The summed E-state index contributed by atoms with van der Waals surface area (Å²) in [6.45, 7) is 2.26. The van der Waals surface area contributed by atoms with Crippen LogP contribution in [-0.2, 0) is 4.79 Å². The molecule has 0 saturated heterocycles. The van der Waals surface area contributed by atoms with Gasteiger partial charge >= 0.3 is 0 Å². The SMILES string of the molecule is CC1CCC(C(=O)Nc2nc3ccc(N)cc3s2)CC1. The highest BCUT2D eigenvalue weighted by atomic mass is 32.1. The van der Waals surface area contributed by atoms with Gasteiger partial charge in [0.1, 0.15) is 0 Å². The zero-order chi connectivity index (χ0) is 14.1. The lowest BCUT2D eigenvalue weighted by Crippen LogP contribution is -2.26. The van der Waals surface area contributed by atoms with Gasteiger partial charge in [0.15, 0.2) is 5.13 Å². The first kappa shape index (κ1) is 13.4. The zero-order valence-electron chi connectivity index (χ0n) is 11.6. The zero-order valence-corrected chi connectivity index (χ0v) is 12.4. The number of carbonyl (C=O) groups is 1. The monoisotopic (exact) mass is 289 g/mol. The molecule has 20 heavy (non-hydrogen) atoms. The van der Waals surface area contributed by atoms with Gasteiger partial charge < -0.3 is 11.1 Å². The fourth-order valence-corrected chi connectivity index (χ4v) is 3.64. The predicted octanol–water partition coefficient (Wildman–Crippen LogP) is 3.64. The molecule has 0 unspecified atom stereocenters. The Kier molecular flexibility index (Phi) is 3.61. The molecule has 0 aliphatic heterocycles. The molecule has 0 bridgehead atoms. The molecule has 1 amide bonds. The lowest BCUT2D eigenvalue weighted by atomic mass is 9.82. The summed E-state index contributed by atoms with van der Waals surface area (Å²) in [5.74, 6) is 1.01. The quantitative estimate of drug-likeness (QED) is 0.829. The first-order chi connectivity index (χ1) is 9.61. The third-order valence-corrected chi connectivity index (χ3v) is 4.96. The molecule has 1 aromatic heterocycles. The Hall–Kier alpha value is -1.62. The first-order valence-corrected chi connectivity index (χ1v) is 7.90. The van der Waals surface area contributed by atoms with E-state index in [0.29, 0.717) is 5.13 Å². The highest BCUT2D eigenvalue weighted by Crippen LogP contribution is 2.31. The number of thiazole rings is 1. The number of amides is 1. The predicted molar refractivity (Wildman–Crippen MR) is 83.8 cm³/mol. The summed E-state index contributed by atoms with van der Waals surface area (Å²) in [6.07, 6.45) is 4.28. The minimum absolute atomic E-state index is 0.115. The maximum Gasteiger partial charge on any atom is 0.229 e. The molecule has 3 rings (SSSR count). The Balaban J connectivity index is 1.71. The van der Waals surface area contributed by atoms with Gasteiger partial charge in [-0.15, -0.1) is 0 Å². The molecule has 0 spiro atoms. The highest BCUT2D eigenvalue weighted by molar-refractivity contribution is 7.22. The van der Waals surface area contributed by atoms with Crippen LogP contribution in [0.4, 0.5) is 10.8 Å². The third kappa shape index (κ3) is 2.77. The third-order valence-electron chi connectivity index (χ3n) is 4.03. The van der Waals surface area contributed by atoms with Gasteiger partial charge in [-0.25, -0.2) is 4.98 Å². The molecule has 0 atom stereocenters. The van der Waals surface area contributed by atoms with E-state index in [1.54, 1.807) is 0 Å². The van der Waals surface area contributed by atoms with Crippen LogP contribution in [0.15, 0.2) is 18.2 Å². The standard InChI is InChI=1S/C15H19N3OS/c1-9-2-4-10(5-3-9)14(19)18-15-17-12-7-6-11(16)8-13(12)20-15/h6-10H,2-5,16H2,1H3,(H,17,18,19). The number of nitrogen functional groups attached to an aromatic ring is 1. The molecule has 1 aliphatic carbocycles. The number of nitrogens with two attached hydrogens (primary N) is 1. The van der Waals surface area contributed by atoms with Crippen molar-refractivity contribution >= 4 is 38.3 Å². The number of anilines is 2. The summed E-state index contributed by atoms with van der Waals surface area (Å²) >= 11 is 1.48. The van der Waals surface area contributed by atoms with Crippen LogP contribution in [0.3, 0.4) is 0 Å². The lowest BCUT2D eigenvalue weighted by molar-refractivity contribution is -0.121. The van der Waals surface area contributed by atoms with Crippen molar-refractivity contribution in [3.8, 4) is 0 Å². The average Bonchev–Trinajstić information content (AvgIpc) is 2.80. The van der Waals surface area contributed by atoms with Crippen molar-refractivity contribution < 1.29 is 4.79 Å². The average molecular weight is 289 g/mol. The van der Waals surface area contributed by atoms with Crippen molar-refractivity contribution in [2.24, 2.45) is 11.8 Å². The molecule has 1 heterocycles. The number of aromatic nitrogens is 1. The van der Waals surface area contributed by atoms with Crippen molar-refractivity contribution in [3.05, 3.63) is 18.2 Å². The lowest BCUT2D eigenvalue weighted by Gasteiger charge is -2.24. The Morgan fingerprint density at radius 2 is 2.10 bits per heavy atom. The summed E-state index contributed by atoms with van der Waals surface area (Å²) in [5.41, 5.74) is 7.36. The van der Waals surface area contributed by atoms with Gasteiger partial charge in [0.05, 0.1) is 10.2 Å². The number of hydrogen-bond acceptors (Lipinski definition) is 4. The molecule has 0 radical (unpaired) electrons. The van der Waals surface area contributed by atoms with E-state index < -0.39 is 0 Å². The van der Waals surface area contributed by atoms with Crippen LogP contribution in [0.2, 0.25) is 0 Å². The van der Waals surface area contributed by atoms with Gasteiger partial charge in [0.2, 0.25) is 5.91 Å². The molecule has 5 heteroatoms. The van der Waals surface area contributed by atoms with Gasteiger partial charge in [0, 0.05) is 11.6 Å². The Labute approximate surface area is 122 Å². The molecule has 1 fully saturated rings. The van der Waals surface area contributed by atoms with Crippen molar-refractivity contribution in [3.63, 3.8) is 0 Å². The maximum absolute atomic E-state index is 12.2. The van der Waals surface area contributed by atoms with Gasteiger partial charge in [-0.1, -0.05) is 18.3 Å². The molecule has 3 N–H and O–H groups in total. The molecule has 2 aromatic rings. The second-order valence-corrected chi connectivity index (χ2v) is 6.72. The number of fused-ring (bicyclic) bond motifs is 1. The number of nitrogens with one attached hydrogen (secondary N) is 1. The molecular formula is C15H19N3OS. The summed E-state index contributed by atoms with van der Waals surface area (Å²) in [5, 5.41) is 3.64. The van der Waals surface area contributed by atoms with E-state index in [1.807, 2.05) is 18.2 Å². The topological polar surface area (TPSA) is 68.0 Å². The number of rotatable bonds is 2. The Morgan fingerprint density at radius 1 is 1.35 bits per heavy atom. The second kappa shape index (κ2) is 5.40. The largest absolute Gasteiger partial charge is 0.399 e. The molecule has 4 nitrogen and oxygen atoms in total. The van der Waals surface area contributed by atoms with Crippen LogP contribution in [0.5, 0.6) is 0 Å². The van der Waals surface area contributed by atoms with Crippen LogP contribution in [0.25, 0.3) is 10.2 Å². The maximum atomic E-state index is 12.2. The van der Waals surface area contributed by atoms with Crippen molar-refractivity contribution in [2.75, 3.05) is 11.1 Å². The molecule has 106 valence electrons. The smallest absolute Gasteiger partial charge is 0.229 e. The van der Waals surface area contributed by atoms with Crippen LogP contribution < -0.4 is 11.1 Å². The van der Waals surface area contributed by atoms with E-state index in [4.69, 9.17) is 5.73 Å².